The molecule has 2 aromatic rings. The van der Waals surface area contributed by atoms with E-state index in [0.717, 1.165) is 20.6 Å². The molecule has 4 nitrogen and oxygen atoms in total. The lowest BCUT2D eigenvalue weighted by molar-refractivity contribution is -0.124. The molecule has 2 amide bonds. The van der Waals surface area contributed by atoms with E-state index in [1.54, 1.807) is 0 Å². The largest absolute Gasteiger partial charge is 0.350 e. The Labute approximate surface area is 153 Å². The minimum Gasteiger partial charge on any atom is -0.350 e. The molecule has 0 radical (unpaired) electrons. The van der Waals surface area contributed by atoms with Crippen LogP contribution < -0.4 is 10.6 Å². The first-order valence-corrected chi connectivity index (χ1v) is 9.31. The van der Waals surface area contributed by atoms with Gasteiger partial charge in [0.15, 0.2) is 0 Å². The van der Waals surface area contributed by atoms with E-state index in [2.05, 4.69) is 26.6 Å². The van der Waals surface area contributed by atoms with Crippen molar-refractivity contribution in [2.24, 2.45) is 0 Å². The SMILES string of the molecule is C[C@H](NC(=O)C[C@@H]1Sc2ccccc2NC1=O)c1ccc(Br)cc1. The van der Waals surface area contributed by atoms with Crippen LogP contribution in [0.2, 0.25) is 0 Å². The second kappa shape index (κ2) is 7.40. The van der Waals surface area contributed by atoms with Gasteiger partial charge in [-0.2, -0.15) is 0 Å². The van der Waals surface area contributed by atoms with Crippen LogP contribution in [0.15, 0.2) is 57.9 Å². The van der Waals surface area contributed by atoms with Crippen molar-refractivity contribution in [1.82, 2.24) is 5.32 Å². The molecule has 124 valence electrons. The van der Waals surface area contributed by atoms with E-state index in [9.17, 15) is 9.59 Å². The first-order valence-electron chi connectivity index (χ1n) is 7.64. The molecule has 0 spiro atoms. The molecule has 3 rings (SSSR count). The minimum atomic E-state index is -0.406. The molecule has 1 aliphatic rings. The van der Waals surface area contributed by atoms with Crippen molar-refractivity contribution in [1.29, 1.82) is 0 Å². The van der Waals surface area contributed by atoms with E-state index in [1.807, 2.05) is 55.5 Å². The Kier molecular flexibility index (Phi) is 5.26. The summed E-state index contributed by atoms with van der Waals surface area (Å²) in [4.78, 5) is 25.5. The smallest absolute Gasteiger partial charge is 0.238 e. The summed E-state index contributed by atoms with van der Waals surface area (Å²) < 4.78 is 0.999. The highest BCUT2D eigenvalue weighted by Gasteiger charge is 2.29. The number of rotatable bonds is 4. The van der Waals surface area contributed by atoms with E-state index < -0.39 is 5.25 Å². The summed E-state index contributed by atoms with van der Waals surface area (Å²) in [5.74, 6) is -0.248. The fourth-order valence-corrected chi connectivity index (χ4v) is 3.91. The van der Waals surface area contributed by atoms with E-state index in [0.29, 0.717) is 0 Å². The van der Waals surface area contributed by atoms with Gasteiger partial charge in [-0.25, -0.2) is 0 Å². The molecule has 2 N–H and O–H groups in total. The standard InChI is InChI=1S/C18H17BrN2O2S/c1-11(12-6-8-13(19)9-7-12)20-17(22)10-16-18(23)21-14-4-2-3-5-15(14)24-16/h2-9,11,16H,10H2,1H3,(H,20,22)(H,21,23)/t11-,16-/m0/s1. The summed E-state index contributed by atoms with van der Waals surface area (Å²) in [6.07, 6.45) is 0.158. The number of fused-ring (bicyclic) bond motifs is 1. The zero-order chi connectivity index (χ0) is 17.1. The average Bonchev–Trinajstić information content (AvgIpc) is 2.56. The van der Waals surface area contributed by atoms with Crippen LogP contribution in [-0.2, 0) is 9.59 Å². The summed E-state index contributed by atoms with van der Waals surface area (Å²) in [6, 6.07) is 15.3. The van der Waals surface area contributed by atoms with Crippen molar-refractivity contribution < 1.29 is 9.59 Å². The second-order valence-electron chi connectivity index (χ2n) is 5.64. The van der Waals surface area contributed by atoms with Gasteiger partial charge < -0.3 is 10.6 Å². The predicted molar refractivity (Wildman–Crippen MR) is 100 cm³/mol. The zero-order valence-electron chi connectivity index (χ0n) is 13.1. The Balaban J connectivity index is 1.61. The molecule has 0 saturated heterocycles. The maximum Gasteiger partial charge on any atom is 0.238 e. The summed E-state index contributed by atoms with van der Waals surface area (Å²) in [5, 5.41) is 5.42. The van der Waals surface area contributed by atoms with Gasteiger partial charge in [0.1, 0.15) is 0 Å². The van der Waals surface area contributed by atoms with E-state index in [-0.39, 0.29) is 24.3 Å². The topological polar surface area (TPSA) is 58.2 Å². The maximum atomic E-state index is 12.3. The third kappa shape index (κ3) is 3.99. The third-order valence-electron chi connectivity index (χ3n) is 3.82. The van der Waals surface area contributed by atoms with Crippen LogP contribution in [0.1, 0.15) is 24.9 Å². The number of carbonyl (C=O) groups is 2. The van der Waals surface area contributed by atoms with Crippen LogP contribution in [0.25, 0.3) is 0 Å². The third-order valence-corrected chi connectivity index (χ3v) is 5.63. The normalized spacial score (nSPS) is 17.6. The van der Waals surface area contributed by atoms with E-state index in [4.69, 9.17) is 0 Å². The van der Waals surface area contributed by atoms with Crippen molar-refractivity contribution in [3.05, 3.63) is 58.6 Å². The number of anilines is 1. The van der Waals surface area contributed by atoms with Gasteiger partial charge in [-0.3, -0.25) is 9.59 Å². The highest BCUT2D eigenvalue weighted by molar-refractivity contribution is 9.10. The van der Waals surface area contributed by atoms with E-state index in [1.165, 1.54) is 11.8 Å². The molecule has 0 bridgehead atoms. The number of benzene rings is 2. The van der Waals surface area contributed by atoms with Gasteiger partial charge in [0, 0.05) is 15.8 Å². The summed E-state index contributed by atoms with van der Waals surface area (Å²) >= 11 is 4.84. The number of amides is 2. The average molecular weight is 405 g/mol. The van der Waals surface area contributed by atoms with Crippen molar-refractivity contribution in [3.63, 3.8) is 0 Å². The summed E-state index contributed by atoms with van der Waals surface area (Å²) in [7, 11) is 0. The zero-order valence-corrected chi connectivity index (χ0v) is 15.5. The molecule has 2 atom stereocenters. The number of halogens is 1. The lowest BCUT2D eigenvalue weighted by Gasteiger charge is -2.24. The first kappa shape index (κ1) is 17.0. The fourth-order valence-electron chi connectivity index (χ4n) is 2.53. The Morgan fingerprint density at radius 3 is 2.71 bits per heavy atom. The highest BCUT2D eigenvalue weighted by atomic mass is 79.9. The lowest BCUT2D eigenvalue weighted by Crippen LogP contribution is -2.35. The fraction of sp³-hybridized carbons (Fsp3) is 0.222. The monoisotopic (exact) mass is 404 g/mol. The Hall–Kier alpha value is -1.79. The van der Waals surface area contributed by atoms with Gasteiger partial charge in [0.2, 0.25) is 11.8 Å². The number of hydrogen-bond donors (Lipinski definition) is 2. The Bertz CT molecular complexity index is 764. The van der Waals surface area contributed by atoms with Crippen LogP contribution in [0.3, 0.4) is 0 Å². The van der Waals surface area contributed by atoms with Gasteiger partial charge >= 0.3 is 0 Å². The Morgan fingerprint density at radius 2 is 1.96 bits per heavy atom. The number of para-hydroxylation sites is 1. The quantitative estimate of drug-likeness (QED) is 0.804. The van der Waals surface area contributed by atoms with Gasteiger partial charge in [0.25, 0.3) is 0 Å². The molecule has 0 aromatic heterocycles. The maximum absolute atomic E-state index is 12.3. The highest BCUT2D eigenvalue weighted by Crippen LogP contribution is 2.36. The van der Waals surface area contributed by atoms with E-state index >= 15 is 0 Å². The van der Waals surface area contributed by atoms with Gasteiger partial charge in [-0.05, 0) is 36.8 Å². The molecule has 0 aliphatic carbocycles. The molecule has 0 fully saturated rings. The number of nitrogens with one attached hydrogen (secondary N) is 2. The van der Waals surface area contributed by atoms with Gasteiger partial charge in [-0.15, -0.1) is 11.8 Å². The molecule has 6 heteroatoms. The molecular formula is C18H17BrN2O2S. The van der Waals surface area contributed by atoms with Crippen LogP contribution >= 0.6 is 27.7 Å². The predicted octanol–water partition coefficient (Wildman–Crippen LogP) is 4.13. The second-order valence-corrected chi connectivity index (χ2v) is 7.80. The van der Waals surface area contributed by atoms with Crippen LogP contribution in [-0.4, -0.2) is 17.1 Å². The molecule has 2 aromatic carbocycles. The summed E-state index contributed by atoms with van der Waals surface area (Å²) in [5.41, 5.74) is 1.84. The molecule has 24 heavy (non-hydrogen) atoms. The Morgan fingerprint density at radius 1 is 1.25 bits per heavy atom. The van der Waals surface area contributed by atoms with Crippen molar-refractivity contribution in [2.75, 3.05) is 5.32 Å². The van der Waals surface area contributed by atoms with Gasteiger partial charge in [0.05, 0.1) is 17.0 Å². The molecular weight excluding hydrogens is 388 g/mol. The van der Waals surface area contributed by atoms with Crippen LogP contribution in [0.4, 0.5) is 5.69 Å². The first-order chi connectivity index (χ1) is 11.5. The molecule has 1 aliphatic heterocycles. The number of thioether (sulfide) groups is 1. The van der Waals surface area contributed by atoms with Crippen molar-refractivity contribution >= 4 is 45.2 Å². The number of carbonyl (C=O) groups excluding carboxylic acids is 2. The van der Waals surface area contributed by atoms with Crippen LogP contribution in [0, 0.1) is 0 Å². The van der Waals surface area contributed by atoms with Gasteiger partial charge in [-0.1, -0.05) is 40.2 Å². The molecule has 0 unspecified atom stereocenters. The lowest BCUT2D eigenvalue weighted by atomic mass is 10.1. The van der Waals surface area contributed by atoms with Crippen LogP contribution in [0.5, 0.6) is 0 Å². The number of hydrogen-bond acceptors (Lipinski definition) is 3. The van der Waals surface area contributed by atoms with Crippen molar-refractivity contribution in [3.8, 4) is 0 Å². The molecule has 1 heterocycles. The minimum absolute atomic E-state index is 0.102. The summed E-state index contributed by atoms with van der Waals surface area (Å²) in [6.45, 7) is 1.94. The van der Waals surface area contributed by atoms with Crippen molar-refractivity contribution in [2.45, 2.75) is 29.5 Å². The molecule has 0 saturated carbocycles.